The van der Waals surface area contributed by atoms with Crippen molar-refractivity contribution in [3.63, 3.8) is 0 Å². The monoisotopic (exact) mass is 519 g/mol. The fraction of sp³-hybridized carbons (Fsp3) is 0.667. The first-order valence-electron chi connectivity index (χ1n) is 13.0. The van der Waals surface area contributed by atoms with Gasteiger partial charge in [-0.25, -0.2) is 13.2 Å². The molecule has 1 aliphatic heterocycles. The fourth-order valence-corrected chi connectivity index (χ4v) is 6.41. The summed E-state index contributed by atoms with van der Waals surface area (Å²) in [6.45, 7) is 7.95. The molecule has 0 aromatic heterocycles. The summed E-state index contributed by atoms with van der Waals surface area (Å²) in [6.07, 6.45) is 4.53. The molecule has 2 aliphatic rings. The molecule has 1 fully saturated rings. The van der Waals surface area contributed by atoms with Crippen molar-refractivity contribution in [2.24, 2.45) is 11.8 Å². The number of nitrogens with one attached hydrogen (secondary N) is 1. The van der Waals surface area contributed by atoms with E-state index in [4.69, 9.17) is 4.74 Å². The minimum atomic E-state index is -3.91. The van der Waals surface area contributed by atoms with Gasteiger partial charge in [0.25, 0.3) is 0 Å². The maximum absolute atomic E-state index is 13.6. The van der Waals surface area contributed by atoms with Crippen LogP contribution >= 0.6 is 0 Å². The van der Waals surface area contributed by atoms with Gasteiger partial charge in [0, 0.05) is 43.6 Å². The quantitative estimate of drug-likeness (QED) is 0.561. The molecule has 9 heteroatoms. The lowest BCUT2D eigenvalue weighted by Gasteiger charge is -2.37. The Morgan fingerprint density at radius 1 is 1.28 bits per heavy atom. The number of carbonyl (C=O) groups is 1. The molecule has 0 bridgehead atoms. The average molecular weight is 520 g/mol. The van der Waals surface area contributed by atoms with Crippen LogP contribution in [0.25, 0.3) is 0 Å². The molecule has 1 aromatic rings. The van der Waals surface area contributed by atoms with E-state index in [-0.39, 0.29) is 41.8 Å². The van der Waals surface area contributed by atoms with Crippen molar-refractivity contribution in [3.8, 4) is 17.6 Å². The third kappa shape index (κ3) is 6.93. The van der Waals surface area contributed by atoms with Crippen LogP contribution in [0.3, 0.4) is 0 Å². The Kier molecular flexibility index (Phi) is 9.67. The molecule has 0 radical (unpaired) electrons. The van der Waals surface area contributed by atoms with Crippen molar-refractivity contribution >= 4 is 16.1 Å². The van der Waals surface area contributed by atoms with Crippen molar-refractivity contribution in [3.05, 3.63) is 23.8 Å². The van der Waals surface area contributed by atoms with Gasteiger partial charge in [0.2, 0.25) is 10.0 Å². The van der Waals surface area contributed by atoms with Crippen molar-refractivity contribution in [1.29, 1.82) is 0 Å². The van der Waals surface area contributed by atoms with Gasteiger partial charge < -0.3 is 20.1 Å². The number of hydrogen-bond acceptors (Lipinski definition) is 5. The van der Waals surface area contributed by atoms with Gasteiger partial charge in [-0.1, -0.05) is 45.5 Å². The van der Waals surface area contributed by atoms with E-state index >= 15 is 0 Å². The Bertz CT molecular complexity index is 1070. The second-order valence-corrected chi connectivity index (χ2v) is 12.5. The average Bonchev–Trinajstić information content (AvgIpc) is 3.33. The minimum absolute atomic E-state index is 0.0483. The van der Waals surface area contributed by atoms with Crippen LogP contribution in [0.4, 0.5) is 4.79 Å². The van der Waals surface area contributed by atoms with E-state index in [1.807, 2.05) is 6.92 Å². The molecule has 2 N–H and O–H groups in total. The number of nitrogens with zero attached hydrogens (tertiary/aromatic N) is 2. The van der Waals surface area contributed by atoms with E-state index < -0.39 is 22.2 Å². The van der Waals surface area contributed by atoms with Gasteiger partial charge in [0.05, 0.1) is 13.2 Å². The summed E-state index contributed by atoms with van der Waals surface area (Å²) in [5.41, 5.74) is 0.672. The summed E-state index contributed by atoms with van der Waals surface area (Å²) >= 11 is 0. The molecule has 1 aromatic carbocycles. The summed E-state index contributed by atoms with van der Waals surface area (Å²) in [5, 5.41) is 12.9. The van der Waals surface area contributed by atoms with E-state index in [0.29, 0.717) is 18.0 Å². The smallest absolute Gasteiger partial charge is 0.317 e. The van der Waals surface area contributed by atoms with Crippen molar-refractivity contribution in [2.45, 2.75) is 82.9 Å². The first-order valence-corrected chi connectivity index (χ1v) is 14.4. The van der Waals surface area contributed by atoms with Gasteiger partial charge in [-0.3, -0.25) is 0 Å². The van der Waals surface area contributed by atoms with Gasteiger partial charge in [0.15, 0.2) is 0 Å². The summed E-state index contributed by atoms with van der Waals surface area (Å²) in [7, 11) is -2.18. The van der Waals surface area contributed by atoms with Gasteiger partial charge in [-0.2, -0.15) is 4.31 Å². The molecule has 0 spiro atoms. The van der Waals surface area contributed by atoms with E-state index in [2.05, 4.69) is 31.0 Å². The van der Waals surface area contributed by atoms with Crippen LogP contribution in [0.15, 0.2) is 23.1 Å². The summed E-state index contributed by atoms with van der Waals surface area (Å²) in [6, 6.07) is 4.35. The van der Waals surface area contributed by atoms with Crippen LogP contribution in [0, 0.1) is 23.7 Å². The van der Waals surface area contributed by atoms with Crippen LogP contribution in [-0.4, -0.2) is 73.7 Å². The van der Waals surface area contributed by atoms with E-state index in [1.165, 1.54) is 10.4 Å². The number of benzene rings is 1. The number of hydrogen-bond donors (Lipinski definition) is 2. The molecule has 0 saturated heterocycles. The predicted molar refractivity (Wildman–Crippen MR) is 140 cm³/mol. The number of carbonyl (C=O) groups excluding carboxylic acids is 1. The number of urea groups is 1. The maximum atomic E-state index is 13.6. The molecule has 36 heavy (non-hydrogen) atoms. The zero-order valence-electron chi connectivity index (χ0n) is 22.2. The molecule has 2 amide bonds. The largest absolute Gasteiger partial charge is 0.487 e. The van der Waals surface area contributed by atoms with Gasteiger partial charge in [-0.15, -0.1) is 0 Å². The lowest BCUT2D eigenvalue weighted by Crippen LogP contribution is -2.51. The topological polar surface area (TPSA) is 99.2 Å². The van der Waals surface area contributed by atoms with E-state index in [0.717, 1.165) is 32.1 Å². The molecular weight excluding hydrogens is 478 g/mol. The minimum Gasteiger partial charge on any atom is -0.487 e. The highest BCUT2D eigenvalue weighted by Crippen LogP contribution is 2.34. The number of sulfonamides is 1. The van der Waals surface area contributed by atoms with E-state index in [1.54, 1.807) is 31.0 Å². The lowest BCUT2D eigenvalue weighted by molar-refractivity contribution is 0.0808. The van der Waals surface area contributed by atoms with Crippen molar-refractivity contribution < 1.29 is 23.1 Å². The SMILES string of the molecule is CC(C)CC#Cc1ccc2c(c1)O[C@@H](CN(C)C(=O)NC1CCCC1)[C@H](C)CN([C@@H](C)CO)S2(=O)=O. The summed E-state index contributed by atoms with van der Waals surface area (Å²) in [5.74, 6) is 6.66. The van der Waals surface area contributed by atoms with Gasteiger partial charge in [-0.05, 0) is 43.9 Å². The normalized spacial score (nSPS) is 23.0. The number of fused-ring (bicyclic) bond motifs is 1. The molecule has 3 atom stereocenters. The molecule has 1 saturated carbocycles. The van der Waals surface area contributed by atoms with Crippen LogP contribution < -0.4 is 10.1 Å². The number of amides is 2. The first-order chi connectivity index (χ1) is 17.0. The standard InChI is InChI=1S/C27H41N3O5S/c1-19(2)9-8-10-22-13-14-26-24(15-22)35-25(17-29(5)27(32)28-23-11-6-7-12-23)20(3)16-30(21(4)18-31)36(26,33)34/h13-15,19-21,23,25,31H,6-7,9,11-12,16-18H2,1-5H3,(H,28,32)/t20-,21+,25+/m1/s1. The Morgan fingerprint density at radius 3 is 2.61 bits per heavy atom. The molecule has 1 aliphatic carbocycles. The fourth-order valence-electron chi connectivity index (χ4n) is 4.59. The molecule has 0 unspecified atom stereocenters. The van der Waals surface area contributed by atoms with Crippen LogP contribution in [0.5, 0.6) is 5.75 Å². The number of aliphatic hydroxyl groups excluding tert-OH is 1. The van der Waals surface area contributed by atoms with E-state index in [9.17, 15) is 18.3 Å². The number of ether oxygens (including phenoxy) is 1. The molecule has 200 valence electrons. The third-order valence-corrected chi connectivity index (χ3v) is 8.91. The summed E-state index contributed by atoms with van der Waals surface area (Å²) < 4.78 is 34.9. The predicted octanol–water partition coefficient (Wildman–Crippen LogP) is 3.44. The summed E-state index contributed by atoms with van der Waals surface area (Å²) in [4.78, 5) is 14.5. The van der Waals surface area contributed by atoms with Crippen LogP contribution in [0.2, 0.25) is 0 Å². The zero-order valence-corrected chi connectivity index (χ0v) is 23.0. The second kappa shape index (κ2) is 12.3. The second-order valence-electron chi connectivity index (χ2n) is 10.6. The van der Waals surface area contributed by atoms with Crippen molar-refractivity contribution in [2.75, 3.05) is 26.7 Å². The number of rotatable bonds is 6. The van der Waals surface area contributed by atoms with Crippen LogP contribution in [-0.2, 0) is 10.0 Å². The van der Waals surface area contributed by atoms with Crippen molar-refractivity contribution in [1.82, 2.24) is 14.5 Å². The Morgan fingerprint density at radius 2 is 1.97 bits per heavy atom. The van der Waals surface area contributed by atoms with Gasteiger partial charge in [0.1, 0.15) is 16.7 Å². The number of likely N-dealkylation sites (N-methyl/N-ethyl adjacent to an activating group) is 1. The highest BCUT2D eigenvalue weighted by atomic mass is 32.2. The highest BCUT2D eigenvalue weighted by Gasteiger charge is 2.38. The Hall–Kier alpha value is -2.28. The molecule has 1 heterocycles. The Labute approximate surface area is 216 Å². The molecular formula is C27H41N3O5S. The maximum Gasteiger partial charge on any atom is 0.317 e. The van der Waals surface area contributed by atoms with Gasteiger partial charge >= 0.3 is 6.03 Å². The molecule has 3 rings (SSSR count). The Balaban J connectivity index is 1.93. The first kappa shape index (κ1) is 28.3. The highest BCUT2D eigenvalue weighted by molar-refractivity contribution is 7.89. The molecule has 8 nitrogen and oxygen atoms in total. The van der Waals surface area contributed by atoms with Crippen LogP contribution in [0.1, 0.15) is 65.4 Å². The zero-order chi connectivity index (χ0) is 26.5. The number of aliphatic hydroxyl groups is 1. The lowest BCUT2D eigenvalue weighted by atomic mass is 10.0. The third-order valence-electron chi connectivity index (χ3n) is 6.89.